The Morgan fingerprint density at radius 1 is 0.645 bits per heavy atom. The van der Waals surface area contributed by atoms with E-state index < -0.39 is 21.3 Å². The number of halogens is 2. The molecule has 0 radical (unpaired) electrons. The fraction of sp³-hybridized carbons (Fsp3) is 0.179. The standard InChI is InChI=1S/C15H11.C10H9.C3H6.2ClH.Zr/c1-2-6-12(7-3-1)15-10-13-8-4-5-9-14(13)11-15;1-8-6-9-4-2-3-5-10(9)7-8;1-3-2;;;/h1-11H;2-7H,1H3;1-2H3;2*1H;/q;;;;;+2/p-2. The van der Waals surface area contributed by atoms with Crippen LogP contribution >= 0.6 is 0 Å². The van der Waals surface area contributed by atoms with Crippen LogP contribution in [0.25, 0.3) is 17.7 Å². The van der Waals surface area contributed by atoms with E-state index in [2.05, 4.69) is 112 Å². The quantitative estimate of drug-likeness (QED) is 0.485. The summed E-state index contributed by atoms with van der Waals surface area (Å²) in [5, 5.41) is 0. The van der Waals surface area contributed by atoms with E-state index in [1.54, 1.807) is 25.5 Å². The van der Waals surface area contributed by atoms with Crippen LogP contribution in [-0.4, -0.2) is 3.21 Å². The van der Waals surface area contributed by atoms with Gasteiger partial charge in [0.2, 0.25) is 0 Å². The Labute approximate surface area is 206 Å². The molecule has 0 aliphatic heterocycles. The van der Waals surface area contributed by atoms with E-state index in [0.717, 1.165) is 0 Å². The molecule has 2 unspecified atom stereocenters. The molecular formula is C28H26Cl2Zr. The van der Waals surface area contributed by atoms with Crippen molar-refractivity contribution in [2.45, 2.75) is 28.0 Å². The molecule has 0 N–H and O–H groups in total. The average molecular weight is 525 g/mol. The largest absolute Gasteiger partial charge is 1.00 e. The van der Waals surface area contributed by atoms with E-state index in [1.807, 2.05) is 0 Å². The fourth-order valence-corrected chi connectivity index (χ4v) is 14.6. The minimum absolute atomic E-state index is 0. The minimum atomic E-state index is -2.15. The van der Waals surface area contributed by atoms with Crippen LogP contribution < -0.4 is 24.8 Å². The number of benzene rings is 3. The van der Waals surface area contributed by atoms with Crippen molar-refractivity contribution >= 4 is 20.9 Å². The number of rotatable bonds is 3. The smallest absolute Gasteiger partial charge is 1.00 e. The molecule has 0 bridgehead atoms. The minimum Gasteiger partial charge on any atom is -1.00 e. The van der Waals surface area contributed by atoms with Crippen molar-refractivity contribution in [1.82, 2.24) is 0 Å². The summed E-state index contributed by atoms with van der Waals surface area (Å²) in [5.74, 6) is 0. The van der Waals surface area contributed by atoms with Gasteiger partial charge in [-0.15, -0.1) is 0 Å². The third-order valence-electron chi connectivity index (χ3n) is 6.38. The first-order valence-corrected chi connectivity index (χ1v) is 14.5. The second kappa shape index (κ2) is 9.95. The van der Waals surface area contributed by atoms with E-state index in [-0.39, 0.29) is 24.8 Å². The molecule has 2 atom stereocenters. The van der Waals surface area contributed by atoms with Crippen molar-refractivity contribution in [2.24, 2.45) is 0 Å². The van der Waals surface area contributed by atoms with Gasteiger partial charge in [0.1, 0.15) is 0 Å². The van der Waals surface area contributed by atoms with Gasteiger partial charge in [-0.25, -0.2) is 0 Å². The predicted molar refractivity (Wildman–Crippen MR) is 123 cm³/mol. The second-order valence-electron chi connectivity index (χ2n) is 8.43. The maximum Gasteiger partial charge on any atom is -1.00 e. The summed E-state index contributed by atoms with van der Waals surface area (Å²) in [6.07, 6.45) is 4.91. The average Bonchev–Trinajstić information content (AvgIpc) is 3.27. The van der Waals surface area contributed by atoms with E-state index >= 15 is 0 Å². The molecule has 0 fully saturated rings. The molecule has 31 heavy (non-hydrogen) atoms. The molecule has 0 saturated heterocycles. The molecule has 0 saturated carbocycles. The first-order chi connectivity index (χ1) is 14.1. The Balaban J connectivity index is 0.00000136. The molecule has 0 aromatic heterocycles. The van der Waals surface area contributed by atoms with Gasteiger partial charge < -0.3 is 24.8 Å². The summed E-state index contributed by atoms with van der Waals surface area (Å²) in [6.45, 7) is 7.18. The van der Waals surface area contributed by atoms with Crippen LogP contribution in [0.4, 0.5) is 0 Å². The summed E-state index contributed by atoms with van der Waals surface area (Å²) < 4.78 is 2.90. The third-order valence-corrected chi connectivity index (χ3v) is 15.7. The topological polar surface area (TPSA) is 0 Å². The van der Waals surface area contributed by atoms with Crippen molar-refractivity contribution in [3.63, 3.8) is 0 Å². The summed E-state index contributed by atoms with van der Waals surface area (Å²) in [4.78, 5) is 0. The number of hydrogen-bond acceptors (Lipinski definition) is 0. The zero-order chi connectivity index (χ0) is 20.0. The Morgan fingerprint density at radius 2 is 1.16 bits per heavy atom. The van der Waals surface area contributed by atoms with E-state index in [9.17, 15) is 0 Å². The van der Waals surface area contributed by atoms with Crippen LogP contribution in [0.5, 0.6) is 0 Å². The summed E-state index contributed by atoms with van der Waals surface area (Å²) in [6, 6.07) is 29.2. The second-order valence-corrected chi connectivity index (χ2v) is 16.0. The first-order valence-electron chi connectivity index (χ1n) is 10.5. The molecule has 3 aromatic carbocycles. The van der Waals surface area contributed by atoms with Crippen molar-refractivity contribution in [1.29, 1.82) is 0 Å². The third kappa shape index (κ3) is 4.26. The van der Waals surface area contributed by atoms with Crippen LogP contribution in [0.15, 0.2) is 84.4 Å². The normalized spacial score (nSPS) is 17.7. The Kier molecular flexibility index (Phi) is 7.74. The van der Waals surface area contributed by atoms with E-state index in [4.69, 9.17) is 0 Å². The van der Waals surface area contributed by atoms with Gasteiger partial charge in [0, 0.05) is 0 Å². The molecule has 0 amide bonds. The summed E-state index contributed by atoms with van der Waals surface area (Å²) in [7, 11) is 0. The van der Waals surface area contributed by atoms with Gasteiger partial charge in [-0.1, -0.05) is 0 Å². The van der Waals surface area contributed by atoms with Crippen molar-refractivity contribution in [3.05, 3.63) is 112 Å². The zero-order valence-corrected chi connectivity index (χ0v) is 22.0. The van der Waals surface area contributed by atoms with E-state index in [1.165, 1.54) is 16.7 Å². The molecular weight excluding hydrogens is 498 g/mol. The van der Waals surface area contributed by atoms with Gasteiger partial charge in [0.25, 0.3) is 0 Å². The van der Waals surface area contributed by atoms with Crippen LogP contribution in [0.1, 0.15) is 55.8 Å². The predicted octanol–water partition coefficient (Wildman–Crippen LogP) is 1.28. The SMILES string of the molecule is CC1=Cc2ccccc2[CH]1[Zr+2](=[C](C)C)[CH]1C(c2ccccc2)=Cc2ccccc21.[Cl-].[Cl-]. The number of hydrogen-bond donors (Lipinski definition) is 0. The van der Waals surface area contributed by atoms with Crippen molar-refractivity contribution < 1.29 is 46.1 Å². The fourth-order valence-electron chi connectivity index (χ4n) is 5.18. The zero-order valence-electron chi connectivity index (χ0n) is 18.1. The van der Waals surface area contributed by atoms with Gasteiger partial charge in [-0.3, -0.25) is 0 Å². The monoisotopic (exact) mass is 522 g/mol. The molecule has 0 spiro atoms. The molecule has 3 aromatic rings. The molecule has 0 nitrogen and oxygen atoms in total. The molecule has 2 aliphatic rings. The van der Waals surface area contributed by atoms with Gasteiger partial charge in [-0.05, 0) is 0 Å². The van der Waals surface area contributed by atoms with Crippen molar-refractivity contribution in [2.75, 3.05) is 0 Å². The van der Waals surface area contributed by atoms with Gasteiger partial charge in [0.05, 0.1) is 0 Å². The van der Waals surface area contributed by atoms with Crippen LogP contribution in [-0.2, 0) is 21.3 Å². The molecule has 2 aliphatic carbocycles. The van der Waals surface area contributed by atoms with Crippen LogP contribution in [0, 0.1) is 0 Å². The molecule has 3 heteroatoms. The van der Waals surface area contributed by atoms with Crippen LogP contribution in [0.3, 0.4) is 0 Å². The molecule has 5 rings (SSSR count). The maximum absolute atomic E-state index is 2.47. The van der Waals surface area contributed by atoms with E-state index in [0.29, 0.717) is 7.25 Å². The van der Waals surface area contributed by atoms with Gasteiger partial charge in [-0.2, -0.15) is 0 Å². The van der Waals surface area contributed by atoms with Crippen LogP contribution in [0.2, 0.25) is 0 Å². The Bertz CT molecular complexity index is 1180. The van der Waals surface area contributed by atoms with Gasteiger partial charge >= 0.3 is 182 Å². The maximum atomic E-state index is 2.47. The summed E-state index contributed by atoms with van der Waals surface area (Å²) in [5.41, 5.74) is 10.5. The van der Waals surface area contributed by atoms with Crippen molar-refractivity contribution in [3.8, 4) is 0 Å². The number of allylic oxidation sites excluding steroid dienone is 2. The Morgan fingerprint density at radius 3 is 1.77 bits per heavy atom. The van der Waals surface area contributed by atoms with Gasteiger partial charge in [0.15, 0.2) is 0 Å². The summed E-state index contributed by atoms with van der Waals surface area (Å²) >= 11 is -2.15. The molecule has 156 valence electrons. The number of fused-ring (bicyclic) bond motifs is 2. The molecule has 0 heterocycles. The Hall–Kier alpha value is -1.53. The first kappa shape index (κ1) is 24.1.